The van der Waals surface area contributed by atoms with Crippen molar-refractivity contribution in [2.45, 2.75) is 13.1 Å². The largest absolute Gasteiger partial charge is 0.422 e. The van der Waals surface area contributed by atoms with Gasteiger partial charge in [-0.1, -0.05) is 42.6 Å². The van der Waals surface area contributed by atoms with Crippen molar-refractivity contribution in [2.24, 2.45) is 0 Å². The fraction of sp³-hybridized carbons (Fsp3) is 0.154. The predicted octanol–water partition coefficient (Wildman–Crippen LogP) is 4.01. The van der Waals surface area contributed by atoms with Crippen LogP contribution in [0.5, 0.6) is 0 Å². The number of hydrogen-bond donors (Lipinski definition) is 1. The average molecular weight is 287 g/mol. The number of aryl methyl sites for hydroxylation is 1. The number of amides is 1. The summed E-state index contributed by atoms with van der Waals surface area (Å²) in [5.74, 6) is -0.507. The number of halogens is 3. The molecule has 0 unspecified atom stereocenters. The van der Waals surface area contributed by atoms with Crippen LogP contribution in [-0.2, 0) is 0 Å². The fourth-order valence-electron chi connectivity index (χ4n) is 1.14. The maximum Gasteiger partial charge on any atom is 0.422 e. The molecule has 1 rings (SSSR count). The van der Waals surface area contributed by atoms with Crippen LogP contribution in [0.2, 0.25) is 0 Å². The third kappa shape index (κ3) is 4.82. The maximum absolute atomic E-state index is 12.2. The number of carbonyl (C=O) groups excluding carboxylic acids is 1. The molecular weight excluding hydrogens is 275 g/mol. The van der Waals surface area contributed by atoms with Crippen molar-refractivity contribution < 1.29 is 18.0 Å². The molecule has 0 heterocycles. The van der Waals surface area contributed by atoms with Gasteiger partial charge in [0.15, 0.2) is 0 Å². The molecule has 1 amide bonds. The van der Waals surface area contributed by atoms with Crippen molar-refractivity contribution in [3.8, 4) is 0 Å². The SMILES string of the molecule is C=C(NC(=O)c1ccc(C)cc1)SC(=C)C(F)(F)F. The highest BCUT2D eigenvalue weighted by atomic mass is 32.2. The van der Waals surface area contributed by atoms with Crippen LogP contribution in [0.1, 0.15) is 15.9 Å². The van der Waals surface area contributed by atoms with Crippen LogP contribution >= 0.6 is 11.8 Å². The van der Waals surface area contributed by atoms with Gasteiger partial charge in [0.2, 0.25) is 0 Å². The number of hydrogen-bond acceptors (Lipinski definition) is 2. The number of carbonyl (C=O) groups is 1. The van der Waals surface area contributed by atoms with Gasteiger partial charge in [0.25, 0.3) is 5.91 Å². The van der Waals surface area contributed by atoms with E-state index in [2.05, 4.69) is 18.5 Å². The molecule has 0 radical (unpaired) electrons. The lowest BCUT2D eigenvalue weighted by atomic mass is 10.1. The van der Waals surface area contributed by atoms with Gasteiger partial charge in [-0.25, -0.2) is 0 Å². The Bertz CT molecular complexity index is 506. The van der Waals surface area contributed by atoms with Crippen molar-refractivity contribution in [3.63, 3.8) is 0 Å². The molecule has 19 heavy (non-hydrogen) atoms. The van der Waals surface area contributed by atoms with Gasteiger partial charge in [0.1, 0.15) is 0 Å². The second kappa shape index (κ2) is 5.97. The van der Waals surface area contributed by atoms with Crippen molar-refractivity contribution in [1.82, 2.24) is 5.32 Å². The first-order valence-electron chi connectivity index (χ1n) is 5.21. The highest BCUT2D eigenvalue weighted by molar-refractivity contribution is 8.06. The first-order chi connectivity index (χ1) is 8.70. The number of allylic oxidation sites excluding steroid dienone is 1. The van der Waals surface area contributed by atoms with Gasteiger partial charge in [0.05, 0.1) is 9.93 Å². The second-order valence-electron chi connectivity index (χ2n) is 3.77. The van der Waals surface area contributed by atoms with Crippen LogP contribution in [0.3, 0.4) is 0 Å². The summed E-state index contributed by atoms with van der Waals surface area (Å²) in [5, 5.41) is 2.17. The molecule has 0 bridgehead atoms. The van der Waals surface area contributed by atoms with E-state index in [1.54, 1.807) is 24.3 Å². The minimum absolute atomic E-state index is 0.118. The third-order valence-corrected chi connectivity index (χ3v) is 2.96. The Morgan fingerprint density at radius 2 is 1.74 bits per heavy atom. The van der Waals surface area contributed by atoms with E-state index in [4.69, 9.17) is 0 Å². The van der Waals surface area contributed by atoms with Crippen molar-refractivity contribution in [2.75, 3.05) is 0 Å². The molecule has 1 N–H and O–H groups in total. The molecule has 1 aromatic rings. The molecule has 0 aliphatic carbocycles. The van der Waals surface area contributed by atoms with Crippen LogP contribution in [0.15, 0.2) is 47.4 Å². The Balaban J connectivity index is 2.60. The van der Waals surface area contributed by atoms with E-state index < -0.39 is 17.0 Å². The van der Waals surface area contributed by atoms with E-state index >= 15 is 0 Å². The molecule has 2 nitrogen and oxygen atoms in total. The second-order valence-corrected chi connectivity index (χ2v) is 4.96. The molecule has 0 fully saturated rings. The zero-order chi connectivity index (χ0) is 14.6. The Labute approximate surface area is 113 Å². The monoisotopic (exact) mass is 287 g/mol. The molecule has 102 valence electrons. The third-order valence-electron chi connectivity index (χ3n) is 2.13. The zero-order valence-electron chi connectivity index (χ0n) is 10.2. The van der Waals surface area contributed by atoms with Crippen molar-refractivity contribution in [1.29, 1.82) is 0 Å². The number of alkyl halides is 3. The Hall–Kier alpha value is -1.69. The van der Waals surface area contributed by atoms with Crippen LogP contribution in [0.4, 0.5) is 13.2 Å². The topological polar surface area (TPSA) is 29.1 Å². The van der Waals surface area contributed by atoms with Gasteiger partial charge >= 0.3 is 6.18 Å². The average Bonchev–Trinajstić information content (AvgIpc) is 2.28. The summed E-state index contributed by atoms with van der Waals surface area (Å²) in [7, 11) is 0. The lowest BCUT2D eigenvalue weighted by molar-refractivity contribution is -0.0832. The van der Waals surface area contributed by atoms with Crippen molar-refractivity contribution >= 4 is 17.7 Å². The number of benzene rings is 1. The van der Waals surface area contributed by atoms with Gasteiger partial charge in [-0.15, -0.1) is 0 Å². The highest BCUT2D eigenvalue weighted by Crippen LogP contribution is 2.35. The summed E-state index contributed by atoms with van der Waals surface area (Å²) in [6.07, 6.45) is -4.51. The van der Waals surface area contributed by atoms with Gasteiger partial charge in [-0.2, -0.15) is 13.2 Å². The quantitative estimate of drug-likeness (QED) is 0.906. The summed E-state index contributed by atoms with van der Waals surface area (Å²) >= 11 is 0.287. The number of nitrogens with one attached hydrogen (secondary N) is 1. The van der Waals surface area contributed by atoms with Crippen LogP contribution in [0, 0.1) is 6.92 Å². The Morgan fingerprint density at radius 3 is 2.21 bits per heavy atom. The smallest absolute Gasteiger partial charge is 0.317 e. The van der Waals surface area contributed by atoms with E-state index in [0.29, 0.717) is 5.56 Å². The van der Waals surface area contributed by atoms with Crippen LogP contribution in [0.25, 0.3) is 0 Å². The van der Waals surface area contributed by atoms with Gasteiger partial charge in [-0.3, -0.25) is 4.79 Å². The summed E-state index contributed by atoms with van der Waals surface area (Å²) in [6.45, 7) is 8.11. The van der Waals surface area contributed by atoms with Gasteiger partial charge in [-0.05, 0) is 19.1 Å². The first-order valence-corrected chi connectivity index (χ1v) is 6.02. The van der Waals surface area contributed by atoms with Gasteiger partial charge < -0.3 is 5.32 Å². The van der Waals surface area contributed by atoms with Crippen molar-refractivity contribution in [3.05, 3.63) is 58.5 Å². The predicted molar refractivity (Wildman–Crippen MR) is 70.6 cm³/mol. The molecule has 0 saturated heterocycles. The summed E-state index contributed by atoms with van der Waals surface area (Å²) < 4.78 is 36.7. The Morgan fingerprint density at radius 1 is 1.21 bits per heavy atom. The molecule has 0 spiro atoms. The molecule has 6 heteroatoms. The van der Waals surface area contributed by atoms with Crippen LogP contribution in [-0.4, -0.2) is 12.1 Å². The normalized spacial score (nSPS) is 10.9. The summed E-state index contributed by atoms with van der Waals surface area (Å²) in [4.78, 5) is 10.7. The molecule has 0 atom stereocenters. The highest BCUT2D eigenvalue weighted by Gasteiger charge is 2.33. The molecule has 0 aliphatic rings. The minimum Gasteiger partial charge on any atom is -0.317 e. The molecule has 0 aromatic heterocycles. The molecule has 1 aromatic carbocycles. The van der Waals surface area contributed by atoms with Crippen LogP contribution < -0.4 is 5.32 Å². The molecule has 0 aliphatic heterocycles. The molecule has 0 saturated carbocycles. The maximum atomic E-state index is 12.2. The van der Waals surface area contributed by atoms with Gasteiger partial charge in [0, 0.05) is 5.56 Å². The summed E-state index contributed by atoms with van der Waals surface area (Å²) in [5.41, 5.74) is 1.33. The lowest BCUT2D eigenvalue weighted by Crippen LogP contribution is -2.21. The zero-order valence-corrected chi connectivity index (χ0v) is 11.0. The van der Waals surface area contributed by atoms with E-state index in [1.165, 1.54) is 0 Å². The standard InChI is InChI=1S/C13H12F3NOS/c1-8-4-6-11(7-5-8)12(18)17-10(3)19-9(2)13(14,15)16/h4-7H,2-3H2,1H3,(H,17,18). The molecular formula is C13H12F3NOS. The Kier molecular flexibility index (Phi) is 4.83. The van der Waals surface area contributed by atoms with E-state index in [-0.39, 0.29) is 16.8 Å². The fourth-order valence-corrected chi connectivity index (χ4v) is 1.69. The van der Waals surface area contributed by atoms with E-state index in [9.17, 15) is 18.0 Å². The first kappa shape index (κ1) is 15.4. The number of thioether (sulfide) groups is 1. The van der Waals surface area contributed by atoms with E-state index in [0.717, 1.165) is 5.56 Å². The number of rotatable bonds is 4. The minimum atomic E-state index is -4.51. The summed E-state index contributed by atoms with van der Waals surface area (Å²) in [6, 6.07) is 6.64. The lowest BCUT2D eigenvalue weighted by Gasteiger charge is -2.12. The van der Waals surface area contributed by atoms with E-state index in [1.807, 2.05) is 6.92 Å².